The zero-order chi connectivity index (χ0) is 25.6. The lowest BCUT2D eigenvalue weighted by molar-refractivity contribution is -0.109. The number of rotatable bonds is 22. The molecule has 35 heavy (non-hydrogen) atoms. The standard InChI is InChI=1S/C28H45Cl2NO4/c1-3-5-6-7-8-9-10-11-12-13-14-15-16-17-18-19-20-31-23-34-35-27-25(29)21-24(22-26(27)30)28(32)33-4-2/h21-23H,3-20H2,1-2H3. The van der Waals surface area contributed by atoms with Gasteiger partial charge in [0.2, 0.25) is 12.2 Å². The van der Waals surface area contributed by atoms with E-state index < -0.39 is 5.97 Å². The van der Waals surface area contributed by atoms with Crippen molar-refractivity contribution in [2.24, 2.45) is 4.99 Å². The molecule has 0 aromatic heterocycles. The van der Waals surface area contributed by atoms with Gasteiger partial charge in [-0.15, -0.1) is 0 Å². The van der Waals surface area contributed by atoms with Gasteiger partial charge in [0.15, 0.2) is 0 Å². The smallest absolute Gasteiger partial charge is 0.338 e. The van der Waals surface area contributed by atoms with E-state index in [-0.39, 0.29) is 28.0 Å². The Labute approximate surface area is 222 Å². The molecule has 0 heterocycles. The minimum Gasteiger partial charge on any atom is -0.462 e. The van der Waals surface area contributed by atoms with Gasteiger partial charge in [0.1, 0.15) is 0 Å². The van der Waals surface area contributed by atoms with Crippen molar-refractivity contribution in [3.8, 4) is 5.75 Å². The van der Waals surface area contributed by atoms with E-state index in [2.05, 4.69) is 11.9 Å². The van der Waals surface area contributed by atoms with Crippen LogP contribution in [0.4, 0.5) is 0 Å². The van der Waals surface area contributed by atoms with Crippen molar-refractivity contribution in [2.45, 2.75) is 117 Å². The monoisotopic (exact) mass is 529 g/mol. The van der Waals surface area contributed by atoms with Crippen molar-refractivity contribution in [3.05, 3.63) is 27.7 Å². The molecule has 0 unspecified atom stereocenters. The Hall–Kier alpha value is -1.46. The molecule has 0 atom stereocenters. The summed E-state index contributed by atoms with van der Waals surface area (Å²) >= 11 is 12.3. The van der Waals surface area contributed by atoms with Crippen molar-refractivity contribution in [3.63, 3.8) is 0 Å². The minimum atomic E-state index is -0.496. The lowest BCUT2D eigenvalue weighted by atomic mass is 10.0. The highest BCUT2D eigenvalue weighted by molar-refractivity contribution is 6.37. The third kappa shape index (κ3) is 16.0. The molecule has 1 aromatic carbocycles. The maximum Gasteiger partial charge on any atom is 0.338 e. The van der Waals surface area contributed by atoms with Crippen LogP contribution in [0.25, 0.3) is 0 Å². The molecule has 0 saturated carbocycles. The molecule has 0 saturated heterocycles. The van der Waals surface area contributed by atoms with E-state index in [4.69, 9.17) is 37.7 Å². The van der Waals surface area contributed by atoms with Crippen LogP contribution in [-0.2, 0) is 9.62 Å². The molecule has 1 aromatic rings. The Kier molecular flexibility index (Phi) is 19.7. The van der Waals surface area contributed by atoms with Gasteiger partial charge in [0.05, 0.1) is 22.2 Å². The summed E-state index contributed by atoms with van der Waals surface area (Å²) in [5.74, 6) is -0.362. The van der Waals surface area contributed by atoms with E-state index in [0.717, 1.165) is 6.42 Å². The molecular weight excluding hydrogens is 485 g/mol. The number of nitrogens with zero attached hydrogens (tertiary/aromatic N) is 1. The third-order valence-electron chi connectivity index (χ3n) is 5.90. The fourth-order valence-electron chi connectivity index (χ4n) is 3.88. The van der Waals surface area contributed by atoms with Crippen molar-refractivity contribution in [2.75, 3.05) is 13.2 Å². The first-order valence-electron chi connectivity index (χ1n) is 13.6. The third-order valence-corrected chi connectivity index (χ3v) is 6.46. The first kappa shape index (κ1) is 31.6. The predicted octanol–water partition coefficient (Wildman–Crippen LogP) is 9.77. The molecular formula is C28H45Cl2NO4. The van der Waals surface area contributed by atoms with Gasteiger partial charge >= 0.3 is 5.97 Å². The number of aliphatic imine (C=N–C) groups is 1. The summed E-state index contributed by atoms with van der Waals surface area (Å²) in [7, 11) is 0. The average molecular weight is 531 g/mol. The molecule has 0 N–H and O–H groups in total. The number of benzene rings is 1. The van der Waals surface area contributed by atoms with Gasteiger partial charge in [-0.1, -0.05) is 126 Å². The van der Waals surface area contributed by atoms with Crippen LogP contribution >= 0.6 is 23.2 Å². The van der Waals surface area contributed by atoms with Gasteiger partial charge in [-0.3, -0.25) is 14.8 Å². The maximum absolute atomic E-state index is 11.8. The molecule has 0 aliphatic carbocycles. The number of carbonyl (C=O) groups excluding carboxylic acids is 1. The minimum absolute atomic E-state index is 0.134. The van der Waals surface area contributed by atoms with Crippen LogP contribution in [0.2, 0.25) is 10.0 Å². The van der Waals surface area contributed by atoms with Crippen LogP contribution in [0.3, 0.4) is 0 Å². The number of hydrogen-bond acceptors (Lipinski definition) is 5. The number of esters is 1. The van der Waals surface area contributed by atoms with Crippen LogP contribution in [0.5, 0.6) is 5.75 Å². The normalized spacial score (nSPS) is 11.2. The zero-order valence-electron chi connectivity index (χ0n) is 21.8. The van der Waals surface area contributed by atoms with Crippen molar-refractivity contribution < 1.29 is 19.3 Å². The van der Waals surface area contributed by atoms with Crippen LogP contribution in [0, 0.1) is 0 Å². The van der Waals surface area contributed by atoms with E-state index in [1.807, 2.05) is 0 Å². The molecule has 0 fully saturated rings. The van der Waals surface area contributed by atoms with Gasteiger partial charge in [-0.2, -0.15) is 0 Å². The fraction of sp³-hybridized carbons (Fsp3) is 0.714. The predicted molar refractivity (Wildman–Crippen MR) is 147 cm³/mol. The number of unbranched alkanes of at least 4 members (excludes halogenated alkanes) is 15. The first-order chi connectivity index (χ1) is 17.1. The van der Waals surface area contributed by atoms with Crippen molar-refractivity contribution in [1.82, 2.24) is 0 Å². The molecule has 1 rings (SSSR count). The number of hydrogen-bond donors (Lipinski definition) is 0. The average Bonchev–Trinajstić information content (AvgIpc) is 2.84. The summed E-state index contributed by atoms with van der Waals surface area (Å²) < 4.78 is 4.93. The highest BCUT2D eigenvalue weighted by atomic mass is 35.5. The van der Waals surface area contributed by atoms with Gasteiger partial charge in [-0.05, 0) is 25.5 Å². The first-order valence-corrected chi connectivity index (χ1v) is 14.3. The molecule has 0 amide bonds. The van der Waals surface area contributed by atoms with Gasteiger partial charge in [0, 0.05) is 6.54 Å². The zero-order valence-corrected chi connectivity index (χ0v) is 23.3. The lowest BCUT2D eigenvalue weighted by Crippen LogP contribution is -2.05. The maximum atomic E-state index is 11.8. The van der Waals surface area contributed by atoms with Gasteiger partial charge in [-0.25, -0.2) is 4.79 Å². The Morgan fingerprint density at radius 1 is 0.771 bits per heavy atom. The van der Waals surface area contributed by atoms with E-state index in [1.165, 1.54) is 115 Å². The van der Waals surface area contributed by atoms with Crippen LogP contribution < -0.4 is 4.89 Å². The molecule has 5 nitrogen and oxygen atoms in total. The van der Waals surface area contributed by atoms with Crippen molar-refractivity contribution in [1.29, 1.82) is 0 Å². The Morgan fingerprint density at radius 3 is 1.69 bits per heavy atom. The SMILES string of the molecule is CCCCCCCCCCCCCCCCCCN=COOc1c(Cl)cc(C(=O)OCC)cc1Cl. The van der Waals surface area contributed by atoms with Gasteiger partial charge in [0.25, 0.3) is 0 Å². The Balaban J connectivity index is 1.97. The highest BCUT2D eigenvalue weighted by Gasteiger charge is 2.16. The quantitative estimate of drug-likeness (QED) is 0.0374. The molecule has 0 bridgehead atoms. The molecule has 7 heteroatoms. The van der Waals surface area contributed by atoms with E-state index >= 15 is 0 Å². The molecule has 0 spiro atoms. The van der Waals surface area contributed by atoms with Crippen LogP contribution in [-0.4, -0.2) is 25.5 Å². The molecule has 0 aliphatic heterocycles. The molecule has 200 valence electrons. The second kappa shape index (κ2) is 21.8. The second-order valence-electron chi connectivity index (χ2n) is 8.98. The summed E-state index contributed by atoms with van der Waals surface area (Å²) in [6.45, 7) is 4.96. The summed E-state index contributed by atoms with van der Waals surface area (Å²) in [6, 6.07) is 2.86. The van der Waals surface area contributed by atoms with E-state index in [1.54, 1.807) is 6.92 Å². The number of ether oxygens (including phenoxy) is 1. The van der Waals surface area contributed by atoms with Crippen LogP contribution in [0.15, 0.2) is 17.1 Å². The molecule has 0 radical (unpaired) electrons. The summed E-state index contributed by atoms with van der Waals surface area (Å²) in [5.41, 5.74) is 0.256. The Bertz CT molecular complexity index is 689. The second-order valence-corrected chi connectivity index (χ2v) is 9.80. The van der Waals surface area contributed by atoms with E-state index in [0.29, 0.717) is 6.54 Å². The van der Waals surface area contributed by atoms with Crippen LogP contribution in [0.1, 0.15) is 127 Å². The van der Waals surface area contributed by atoms with Gasteiger partial charge < -0.3 is 4.74 Å². The largest absolute Gasteiger partial charge is 0.462 e. The Morgan fingerprint density at radius 2 is 1.23 bits per heavy atom. The summed E-state index contributed by atoms with van der Waals surface area (Å²) in [5, 5.41) is 0.318. The fourth-order valence-corrected chi connectivity index (χ4v) is 4.43. The number of carbonyl (C=O) groups is 1. The van der Waals surface area contributed by atoms with E-state index in [9.17, 15) is 4.79 Å². The molecule has 0 aliphatic rings. The topological polar surface area (TPSA) is 57.1 Å². The number of halogens is 2. The van der Waals surface area contributed by atoms with Crippen molar-refractivity contribution >= 4 is 35.6 Å². The lowest BCUT2D eigenvalue weighted by Gasteiger charge is -2.08. The summed E-state index contributed by atoms with van der Waals surface area (Å²) in [6.07, 6.45) is 22.8. The highest BCUT2D eigenvalue weighted by Crippen LogP contribution is 2.34. The summed E-state index contributed by atoms with van der Waals surface area (Å²) in [4.78, 5) is 26.1.